The van der Waals surface area contributed by atoms with E-state index >= 15 is 0 Å². The SMILES string of the molecule is BOc1cc(C)cc2cccnc12. The number of pyridine rings is 1. The standard InChI is InChI=1S/C10H10BNO/c1-7-5-8-3-2-4-12-10(8)9(6-7)13-11/h2-6H,11H2,1H3. The van der Waals surface area contributed by atoms with Gasteiger partial charge < -0.3 is 4.65 Å². The molecule has 0 saturated heterocycles. The first-order valence-electron chi connectivity index (χ1n) is 4.20. The van der Waals surface area contributed by atoms with Gasteiger partial charge in [0.2, 0.25) is 0 Å². The Hall–Kier alpha value is -1.51. The molecule has 0 N–H and O–H groups in total. The van der Waals surface area contributed by atoms with Gasteiger partial charge in [-0.05, 0) is 30.7 Å². The number of hydrogen-bond donors (Lipinski definition) is 0. The summed E-state index contributed by atoms with van der Waals surface area (Å²) in [6, 6.07) is 8.07. The molecule has 0 aliphatic carbocycles. The van der Waals surface area contributed by atoms with Crippen LogP contribution in [0.2, 0.25) is 0 Å². The smallest absolute Gasteiger partial charge is 0.322 e. The van der Waals surface area contributed by atoms with Crippen molar-refractivity contribution in [3.8, 4) is 5.75 Å². The van der Waals surface area contributed by atoms with Gasteiger partial charge >= 0.3 is 8.05 Å². The van der Waals surface area contributed by atoms with Gasteiger partial charge in [0.1, 0.15) is 11.3 Å². The predicted octanol–water partition coefficient (Wildman–Crippen LogP) is 1.47. The predicted molar refractivity (Wildman–Crippen MR) is 55.7 cm³/mol. The van der Waals surface area contributed by atoms with Crippen LogP contribution in [0.25, 0.3) is 10.9 Å². The van der Waals surface area contributed by atoms with E-state index < -0.39 is 0 Å². The molecular formula is C10H10BNO. The van der Waals surface area contributed by atoms with Crippen LogP contribution >= 0.6 is 0 Å². The lowest BCUT2D eigenvalue weighted by Crippen LogP contribution is -1.89. The van der Waals surface area contributed by atoms with Gasteiger partial charge in [0.05, 0.1) is 0 Å². The largest absolute Gasteiger partial charge is 0.566 e. The number of aryl methyl sites for hydroxylation is 1. The van der Waals surface area contributed by atoms with Crippen molar-refractivity contribution in [2.75, 3.05) is 0 Å². The van der Waals surface area contributed by atoms with E-state index in [-0.39, 0.29) is 0 Å². The zero-order chi connectivity index (χ0) is 9.26. The third kappa shape index (κ3) is 1.37. The number of nitrogens with zero attached hydrogens (tertiary/aromatic N) is 1. The van der Waals surface area contributed by atoms with E-state index in [4.69, 9.17) is 4.65 Å². The van der Waals surface area contributed by atoms with E-state index in [9.17, 15) is 0 Å². The minimum Gasteiger partial charge on any atom is -0.566 e. The van der Waals surface area contributed by atoms with Gasteiger partial charge in [0.15, 0.2) is 0 Å². The molecular weight excluding hydrogens is 161 g/mol. The Kier molecular flexibility index (Phi) is 1.93. The Balaban J connectivity index is 2.81. The minimum atomic E-state index is 0.843. The number of fused-ring (bicyclic) bond motifs is 1. The van der Waals surface area contributed by atoms with Gasteiger partial charge in [-0.25, -0.2) is 0 Å². The van der Waals surface area contributed by atoms with Gasteiger partial charge in [0.25, 0.3) is 0 Å². The normalized spacial score (nSPS) is 10.2. The highest BCUT2D eigenvalue weighted by molar-refractivity contribution is 6.01. The maximum atomic E-state index is 5.25. The number of hydrogen-bond acceptors (Lipinski definition) is 2. The molecule has 1 aromatic heterocycles. The molecule has 64 valence electrons. The quantitative estimate of drug-likeness (QED) is 0.606. The molecule has 2 nitrogen and oxygen atoms in total. The first-order chi connectivity index (χ1) is 6.31. The van der Waals surface area contributed by atoms with Gasteiger partial charge in [0, 0.05) is 11.6 Å². The number of aromatic nitrogens is 1. The van der Waals surface area contributed by atoms with Gasteiger partial charge in [-0.1, -0.05) is 6.07 Å². The van der Waals surface area contributed by atoms with Crippen molar-refractivity contribution < 1.29 is 4.65 Å². The van der Waals surface area contributed by atoms with Crippen molar-refractivity contribution in [1.82, 2.24) is 4.98 Å². The second-order valence-electron chi connectivity index (χ2n) is 3.04. The van der Waals surface area contributed by atoms with Crippen LogP contribution in [0.15, 0.2) is 30.5 Å². The Bertz CT molecular complexity index is 442. The van der Waals surface area contributed by atoms with Crippen molar-refractivity contribution in [2.45, 2.75) is 6.92 Å². The zero-order valence-electron chi connectivity index (χ0n) is 7.74. The highest BCUT2D eigenvalue weighted by atomic mass is 16.4. The molecule has 0 amide bonds. The zero-order valence-corrected chi connectivity index (χ0v) is 7.74. The molecule has 3 heteroatoms. The first kappa shape index (κ1) is 8.11. The lowest BCUT2D eigenvalue weighted by atomic mass is 10.1. The third-order valence-corrected chi connectivity index (χ3v) is 2.03. The Morgan fingerprint density at radius 1 is 1.38 bits per heavy atom. The fraction of sp³-hybridized carbons (Fsp3) is 0.100. The van der Waals surface area contributed by atoms with E-state index in [1.165, 1.54) is 5.56 Å². The molecule has 0 radical (unpaired) electrons. The van der Waals surface area contributed by atoms with Crippen LogP contribution in [0.5, 0.6) is 5.75 Å². The van der Waals surface area contributed by atoms with Crippen LogP contribution in [0.3, 0.4) is 0 Å². The van der Waals surface area contributed by atoms with Gasteiger partial charge in [-0.15, -0.1) is 0 Å². The molecule has 0 aliphatic heterocycles. The maximum Gasteiger partial charge on any atom is 0.322 e. The molecule has 1 heterocycles. The summed E-state index contributed by atoms with van der Waals surface area (Å²) in [4.78, 5) is 4.27. The van der Waals surface area contributed by atoms with Crippen LogP contribution in [0, 0.1) is 6.92 Å². The number of benzene rings is 1. The van der Waals surface area contributed by atoms with Crippen LogP contribution in [-0.2, 0) is 0 Å². The fourth-order valence-electron chi connectivity index (χ4n) is 1.46. The summed E-state index contributed by atoms with van der Waals surface area (Å²) in [6.07, 6.45) is 1.78. The molecule has 0 unspecified atom stereocenters. The Morgan fingerprint density at radius 3 is 3.00 bits per heavy atom. The average Bonchev–Trinajstić information content (AvgIpc) is 2.16. The fourth-order valence-corrected chi connectivity index (χ4v) is 1.46. The van der Waals surface area contributed by atoms with E-state index in [0.717, 1.165) is 16.7 Å². The molecule has 13 heavy (non-hydrogen) atoms. The molecule has 0 bridgehead atoms. The summed E-state index contributed by atoms with van der Waals surface area (Å²) >= 11 is 0. The van der Waals surface area contributed by atoms with Crippen LogP contribution in [0.4, 0.5) is 0 Å². The Morgan fingerprint density at radius 2 is 2.23 bits per heavy atom. The van der Waals surface area contributed by atoms with E-state index in [2.05, 4.69) is 18.0 Å². The Labute approximate surface area is 78.0 Å². The number of rotatable bonds is 1. The van der Waals surface area contributed by atoms with Crippen LogP contribution in [0.1, 0.15) is 5.56 Å². The second-order valence-corrected chi connectivity index (χ2v) is 3.04. The highest BCUT2D eigenvalue weighted by Gasteiger charge is 2.01. The molecule has 0 spiro atoms. The minimum absolute atomic E-state index is 0.843. The summed E-state index contributed by atoms with van der Waals surface area (Å²) in [6.45, 7) is 2.05. The van der Waals surface area contributed by atoms with E-state index in [1.807, 2.05) is 18.2 Å². The van der Waals surface area contributed by atoms with Gasteiger partial charge in [-0.2, -0.15) is 0 Å². The summed E-state index contributed by atoms with van der Waals surface area (Å²) in [7, 11) is 1.67. The lowest BCUT2D eigenvalue weighted by molar-refractivity contribution is 0.621. The summed E-state index contributed by atoms with van der Waals surface area (Å²) in [5.74, 6) is 0.843. The average molecular weight is 171 g/mol. The topological polar surface area (TPSA) is 22.1 Å². The lowest BCUT2D eigenvalue weighted by Gasteiger charge is -2.05. The molecule has 2 aromatic rings. The maximum absolute atomic E-state index is 5.25. The van der Waals surface area contributed by atoms with Crippen molar-refractivity contribution >= 4 is 19.0 Å². The van der Waals surface area contributed by atoms with Crippen molar-refractivity contribution in [3.63, 3.8) is 0 Å². The third-order valence-electron chi connectivity index (χ3n) is 2.03. The van der Waals surface area contributed by atoms with E-state index in [1.54, 1.807) is 14.2 Å². The van der Waals surface area contributed by atoms with Crippen molar-refractivity contribution in [2.24, 2.45) is 0 Å². The molecule has 0 saturated carbocycles. The summed E-state index contributed by atoms with van der Waals surface area (Å²) in [5.41, 5.74) is 2.12. The van der Waals surface area contributed by atoms with E-state index in [0.29, 0.717) is 0 Å². The molecule has 1 aromatic carbocycles. The first-order valence-corrected chi connectivity index (χ1v) is 4.20. The summed E-state index contributed by atoms with van der Waals surface area (Å²) < 4.78 is 5.25. The van der Waals surface area contributed by atoms with Crippen molar-refractivity contribution in [1.29, 1.82) is 0 Å². The van der Waals surface area contributed by atoms with Crippen molar-refractivity contribution in [3.05, 3.63) is 36.0 Å². The monoisotopic (exact) mass is 171 g/mol. The van der Waals surface area contributed by atoms with Crippen LogP contribution in [-0.4, -0.2) is 13.0 Å². The molecule has 0 aliphatic rings. The molecule has 2 rings (SSSR count). The molecule has 0 fully saturated rings. The van der Waals surface area contributed by atoms with Crippen LogP contribution < -0.4 is 4.65 Å². The highest BCUT2D eigenvalue weighted by Crippen LogP contribution is 2.24. The summed E-state index contributed by atoms with van der Waals surface area (Å²) in [5, 5.41) is 1.12. The molecule has 0 atom stereocenters. The van der Waals surface area contributed by atoms with Gasteiger partial charge in [-0.3, -0.25) is 4.98 Å². The second kappa shape index (κ2) is 3.09.